The average molecular weight is 407 g/mol. The zero-order chi connectivity index (χ0) is 20.8. The lowest BCUT2D eigenvalue weighted by Gasteiger charge is -2.13. The van der Waals surface area contributed by atoms with Gasteiger partial charge in [0.05, 0.1) is 29.0 Å². The maximum Gasteiger partial charge on any atom is 0.255 e. The van der Waals surface area contributed by atoms with E-state index in [-0.39, 0.29) is 22.9 Å². The Morgan fingerprint density at radius 1 is 1.30 bits per heavy atom. The van der Waals surface area contributed by atoms with Gasteiger partial charge in [-0.2, -0.15) is 5.10 Å². The molecule has 9 heteroatoms. The fourth-order valence-corrected chi connectivity index (χ4v) is 4.02. The summed E-state index contributed by atoms with van der Waals surface area (Å²) in [6.45, 7) is 1.62. The van der Waals surface area contributed by atoms with Crippen LogP contribution in [0.4, 0.5) is 10.2 Å². The molecule has 2 fully saturated rings. The quantitative estimate of drug-likeness (QED) is 0.572. The van der Waals surface area contributed by atoms with Gasteiger partial charge in [-0.25, -0.2) is 14.1 Å². The number of hydrogen-bond donors (Lipinski definition) is 3. The molecule has 2 aromatic heterocycles. The molecule has 1 saturated carbocycles. The monoisotopic (exact) mass is 407 g/mol. The Hall–Kier alpha value is -3.38. The molecule has 8 nitrogen and oxygen atoms in total. The second-order valence-electron chi connectivity index (χ2n) is 7.73. The Morgan fingerprint density at radius 3 is 2.80 bits per heavy atom. The van der Waals surface area contributed by atoms with Crippen molar-refractivity contribution in [1.29, 1.82) is 0 Å². The van der Waals surface area contributed by atoms with Crippen LogP contribution < -0.4 is 16.4 Å². The van der Waals surface area contributed by atoms with E-state index in [4.69, 9.17) is 5.73 Å². The molecular weight excluding hydrogens is 385 g/mol. The molecule has 5 rings (SSSR count). The highest BCUT2D eigenvalue weighted by Gasteiger charge is 2.27. The van der Waals surface area contributed by atoms with Crippen LogP contribution in [0.2, 0.25) is 0 Å². The molecule has 0 spiro atoms. The number of rotatable bonds is 4. The molecule has 3 heterocycles. The van der Waals surface area contributed by atoms with Crippen LogP contribution in [0.25, 0.3) is 11.0 Å². The largest absolute Gasteiger partial charge is 0.373 e. The van der Waals surface area contributed by atoms with Gasteiger partial charge in [-0.05, 0) is 37.8 Å². The van der Waals surface area contributed by atoms with Gasteiger partial charge >= 0.3 is 0 Å². The Kier molecular flexibility index (Phi) is 4.44. The first-order valence-corrected chi connectivity index (χ1v) is 10.1. The summed E-state index contributed by atoms with van der Waals surface area (Å²) in [6, 6.07) is 3.62. The highest BCUT2D eigenvalue weighted by Crippen LogP contribution is 2.37. The van der Waals surface area contributed by atoms with Crippen LogP contribution in [0.1, 0.15) is 53.0 Å². The molecule has 0 bridgehead atoms. The van der Waals surface area contributed by atoms with Crippen molar-refractivity contribution in [3.8, 4) is 11.8 Å². The van der Waals surface area contributed by atoms with E-state index >= 15 is 0 Å². The van der Waals surface area contributed by atoms with Gasteiger partial charge in [-0.1, -0.05) is 5.92 Å². The molecule has 1 amide bonds. The Morgan fingerprint density at radius 2 is 2.13 bits per heavy atom. The zero-order valence-electron chi connectivity index (χ0n) is 16.6. The first-order chi connectivity index (χ1) is 14.6. The number of amides is 1. The van der Waals surface area contributed by atoms with E-state index in [1.54, 1.807) is 24.1 Å². The number of hydrogen-bond acceptors (Lipinski definition) is 5. The first kappa shape index (κ1) is 18.6. The van der Waals surface area contributed by atoms with Crippen LogP contribution in [-0.4, -0.2) is 45.4 Å². The van der Waals surface area contributed by atoms with Crippen molar-refractivity contribution in [2.24, 2.45) is 5.73 Å². The van der Waals surface area contributed by atoms with Gasteiger partial charge in [0, 0.05) is 25.7 Å². The smallest absolute Gasteiger partial charge is 0.255 e. The molecule has 1 unspecified atom stereocenters. The lowest BCUT2D eigenvalue weighted by atomic mass is 10.1. The van der Waals surface area contributed by atoms with Gasteiger partial charge in [-0.3, -0.25) is 4.79 Å². The standard InChI is InChI=1S/C21H22FN7O/c1-24-21-19(20(23)30)16(27-29(21)14-6-7-25-10-14)5-2-12-8-17-18(9-15(12)22)28(11-26-17)13-3-4-13/h8-9,11,13-14,24-25H,3-4,6-7,10H2,1H3,(H2,23,30). The first-order valence-electron chi connectivity index (χ1n) is 10.1. The number of halogens is 1. The van der Waals surface area contributed by atoms with Gasteiger partial charge in [0.2, 0.25) is 0 Å². The minimum atomic E-state index is -0.625. The highest BCUT2D eigenvalue weighted by molar-refractivity contribution is 6.00. The average Bonchev–Trinajstić information content (AvgIpc) is 3.15. The number of fused-ring (bicyclic) bond motifs is 1. The highest BCUT2D eigenvalue weighted by atomic mass is 19.1. The van der Waals surface area contributed by atoms with E-state index in [1.807, 2.05) is 4.57 Å². The molecule has 1 aliphatic heterocycles. The minimum absolute atomic E-state index is 0.0978. The third-order valence-corrected chi connectivity index (χ3v) is 5.69. The summed E-state index contributed by atoms with van der Waals surface area (Å²) in [6.07, 6.45) is 4.83. The van der Waals surface area contributed by atoms with Crippen molar-refractivity contribution in [1.82, 2.24) is 24.6 Å². The van der Waals surface area contributed by atoms with Crippen molar-refractivity contribution < 1.29 is 9.18 Å². The molecule has 0 radical (unpaired) electrons. The molecule has 154 valence electrons. The van der Waals surface area contributed by atoms with E-state index in [1.165, 1.54) is 6.07 Å². The molecule has 1 atom stereocenters. The number of nitrogens with one attached hydrogen (secondary N) is 2. The van der Waals surface area contributed by atoms with Gasteiger partial charge in [0.1, 0.15) is 17.2 Å². The number of imidazole rings is 1. The summed E-state index contributed by atoms with van der Waals surface area (Å²) >= 11 is 0. The third kappa shape index (κ3) is 3.09. The Bertz CT molecular complexity index is 1210. The summed E-state index contributed by atoms with van der Waals surface area (Å²) < 4.78 is 18.5. The number of carbonyl (C=O) groups excluding carboxylic acids is 1. The van der Waals surface area contributed by atoms with Crippen LogP contribution in [0.3, 0.4) is 0 Å². The van der Waals surface area contributed by atoms with Crippen molar-refractivity contribution in [3.63, 3.8) is 0 Å². The summed E-state index contributed by atoms with van der Waals surface area (Å²) in [4.78, 5) is 16.5. The van der Waals surface area contributed by atoms with Crippen molar-refractivity contribution in [3.05, 3.63) is 41.1 Å². The number of benzene rings is 1. The summed E-state index contributed by atoms with van der Waals surface area (Å²) in [5.74, 6) is 5.16. The zero-order valence-corrected chi connectivity index (χ0v) is 16.6. The molecule has 4 N–H and O–H groups in total. The fourth-order valence-electron chi connectivity index (χ4n) is 4.02. The molecule has 1 aliphatic carbocycles. The summed E-state index contributed by atoms with van der Waals surface area (Å²) in [5, 5.41) is 10.8. The number of primary amides is 1. The number of anilines is 1. The molecule has 1 aromatic carbocycles. The van der Waals surface area contributed by atoms with Crippen molar-refractivity contribution >= 4 is 22.8 Å². The van der Waals surface area contributed by atoms with Crippen molar-refractivity contribution in [2.75, 3.05) is 25.5 Å². The van der Waals surface area contributed by atoms with Crippen LogP contribution in [-0.2, 0) is 0 Å². The molecule has 30 heavy (non-hydrogen) atoms. The van der Waals surface area contributed by atoms with Gasteiger partial charge in [-0.15, -0.1) is 0 Å². The van der Waals surface area contributed by atoms with Crippen LogP contribution in [0, 0.1) is 17.7 Å². The number of carbonyl (C=O) groups is 1. The Labute approximate surface area is 172 Å². The van der Waals surface area contributed by atoms with E-state index in [2.05, 4.69) is 32.6 Å². The fraction of sp³-hybridized carbons (Fsp3) is 0.381. The minimum Gasteiger partial charge on any atom is -0.373 e. The summed E-state index contributed by atoms with van der Waals surface area (Å²) in [7, 11) is 1.71. The van der Waals surface area contributed by atoms with E-state index in [0.29, 0.717) is 17.4 Å². The number of aromatic nitrogens is 4. The SMILES string of the molecule is CNc1c(C(N)=O)c(C#Cc2cc3ncn(C4CC4)c3cc2F)nn1C1CCNC1. The van der Waals surface area contributed by atoms with E-state index in [0.717, 1.165) is 37.9 Å². The number of nitrogens with zero attached hydrogens (tertiary/aromatic N) is 4. The van der Waals surface area contributed by atoms with Gasteiger partial charge < -0.3 is 20.9 Å². The lowest BCUT2D eigenvalue weighted by Crippen LogP contribution is -2.18. The maximum absolute atomic E-state index is 14.7. The van der Waals surface area contributed by atoms with Gasteiger partial charge in [0.25, 0.3) is 5.91 Å². The Balaban J connectivity index is 1.56. The summed E-state index contributed by atoms with van der Waals surface area (Å²) in [5.41, 5.74) is 7.75. The lowest BCUT2D eigenvalue weighted by molar-refractivity contribution is 0.100. The van der Waals surface area contributed by atoms with Crippen molar-refractivity contribution in [2.45, 2.75) is 31.3 Å². The second kappa shape index (κ2) is 7.15. The number of nitrogens with two attached hydrogens (primary N) is 1. The maximum atomic E-state index is 14.7. The topological polar surface area (TPSA) is 103 Å². The van der Waals surface area contributed by atoms with Crippen LogP contribution >= 0.6 is 0 Å². The van der Waals surface area contributed by atoms with E-state index < -0.39 is 11.7 Å². The van der Waals surface area contributed by atoms with E-state index in [9.17, 15) is 9.18 Å². The normalized spacial score (nSPS) is 18.4. The molecule has 1 saturated heterocycles. The molecular formula is C21H22FN7O. The predicted octanol–water partition coefficient (Wildman–Crippen LogP) is 1.78. The second-order valence-corrected chi connectivity index (χ2v) is 7.73. The molecule has 3 aromatic rings. The third-order valence-electron chi connectivity index (χ3n) is 5.69. The van der Waals surface area contributed by atoms with Crippen LogP contribution in [0.5, 0.6) is 0 Å². The van der Waals surface area contributed by atoms with Gasteiger partial charge in [0.15, 0.2) is 5.69 Å². The predicted molar refractivity (Wildman–Crippen MR) is 111 cm³/mol. The van der Waals surface area contributed by atoms with Crippen LogP contribution in [0.15, 0.2) is 18.5 Å². The molecule has 2 aliphatic rings.